The predicted octanol–water partition coefficient (Wildman–Crippen LogP) is 4.46. The molecule has 2 atom stereocenters. The van der Waals surface area contributed by atoms with E-state index in [-0.39, 0.29) is 18.2 Å². The smallest absolute Gasteiger partial charge is 0.164 e. The molecular weight excluding hydrogens is 305 g/mol. The van der Waals surface area contributed by atoms with E-state index in [0.29, 0.717) is 11.4 Å². The third-order valence-electron chi connectivity index (χ3n) is 4.84. The van der Waals surface area contributed by atoms with Gasteiger partial charge in [-0.1, -0.05) is 18.0 Å². The molecule has 21 heavy (non-hydrogen) atoms. The third-order valence-corrected chi connectivity index (χ3v) is 5.09. The van der Waals surface area contributed by atoms with Crippen molar-refractivity contribution in [3.8, 4) is 0 Å². The molecule has 0 N–H and O–H groups in total. The molecule has 2 nitrogen and oxygen atoms in total. The van der Waals surface area contributed by atoms with Crippen molar-refractivity contribution in [1.82, 2.24) is 4.90 Å². The summed E-state index contributed by atoms with van der Waals surface area (Å²) in [5, 5.41) is 0.685. The largest absolute Gasteiger partial charge is 0.303 e. The number of nitrogens with zero attached hydrogens (tertiary/aromatic N) is 1. The number of hydrogen-bond acceptors (Lipinski definition) is 2. The Morgan fingerprint density at radius 1 is 1.14 bits per heavy atom. The molecule has 2 fully saturated rings. The summed E-state index contributed by atoms with van der Waals surface area (Å²) in [6.07, 6.45) is 6.20. The molecule has 4 heteroatoms. The lowest BCUT2D eigenvalue weighted by molar-refractivity contribution is 0.0960. The summed E-state index contributed by atoms with van der Waals surface area (Å²) in [6, 6.07) is 7.24. The normalized spacial score (nSPS) is 25.2. The van der Waals surface area contributed by atoms with Crippen molar-refractivity contribution in [3.05, 3.63) is 34.9 Å². The van der Waals surface area contributed by atoms with E-state index in [9.17, 15) is 4.79 Å². The van der Waals surface area contributed by atoms with Crippen LogP contribution >= 0.6 is 24.0 Å². The first kappa shape index (κ1) is 16.8. The Kier molecular flexibility index (Phi) is 6.09. The molecule has 1 aromatic carbocycles. The molecule has 1 aliphatic heterocycles. The van der Waals surface area contributed by atoms with E-state index in [2.05, 4.69) is 4.90 Å². The van der Waals surface area contributed by atoms with E-state index >= 15 is 0 Å². The fourth-order valence-corrected chi connectivity index (χ4v) is 3.80. The number of carbonyl (C=O) groups is 1. The number of fused-ring (bicyclic) bond motifs is 2. The van der Waals surface area contributed by atoms with Gasteiger partial charge in [0.1, 0.15) is 0 Å². The molecule has 0 aromatic heterocycles. The fraction of sp³-hybridized carbons (Fsp3) is 0.588. The van der Waals surface area contributed by atoms with Crippen molar-refractivity contribution in [2.75, 3.05) is 19.6 Å². The van der Waals surface area contributed by atoms with Gasteiger partial charge in [0.05, 0.1) is 0 Å². The van der Waals surface area contributed by atoms with Gasteiger partial charge in [-0.15, -0.1) is 12.4 Å². The zero-order valence-corrected chi connectivity index (χ0v) is 13.8. The first-order valence-electron chi connectivity index (χ1n) is 7.72. The Hall–Kier alpha value is -0.570. The summed E-state index contributed by atoms with van der Waals surface area (Å²) < 4.78 is 0. The van der Waals surface area contributed by atoms with Gasteiger partial charge in [0.25, 0.3) is 0 Å². The van der Waals surface area contributed by atoms with E-state index in [0.717, 1.165) is 23.9 Å². The first-order chi connectivity index (χ1) is 9.70. The molecular formula is C17H23Cl2NO. The molecule has 0 radical (unpaired) electrons. The summed E-state index contributed by atoms with van der Waals surface area (Å²) in [6.45, 7) is 3.28. The number of rotatable bonds is 4. The molecule has 116 valence electrons. The summed E-state index contributed by atoms with van der Waals surface area (Å²) in [5.74, 6) is 2.07. The molecule has 1 aliphatic carbocycles. The minimum Gasteiger partial charge on any atom is -0.303 e. The van der Waals surface area contributed by atoms with Gasteiger partial charge in [-0.2, -0.15) is 0 Å². The summed E-state index contributed by atoms with van der Waals surface area (Å²) in [7, 11) is 0. The lowest BCUT2D eigenvalue weighted by atomic mass is 10.0. The molecule has 1 aromatic rings. The standard InChI is InChI=1S/C17H22ClNO.ClH/c18-16-5-3-15(4-6-16)17(20)8-10-19-9-7-13-1-2-14(11-13)12-19;/h3-6,13-14H,1-2,7-12H2;1H. The van der Waals surface area contributed by atoms with Gasteiger partial charge in [0, 0.05) is 30.1 Å². The van der Waals surface area contributed by atoms with Crippen LogP contribution in [-0.2, 0) is 0 Å². The highest BCUT2D eigenvalue weighted by Crippen LogP contribution is 2.36. The maximum Gasteiger partial charge on any atom is 0.164 e. The molecule has 0 amide bonds. The minimum absolute atomic E-state index is 0. The number of benzene rings is 1. The number of ketones is 1. The highest BCUT2D eigenvalue weighted by molar-refractivity contribution is 6.30. The van der Waals surface area contributed by atoms with Gasteiger partial charge in [-0.3, -0.25) is 4.79 Å². The summed E-state index contributed by atoms with van der Waals surface area (Å²) in [4.78, 5) is 14.7. The molecule has 3 rings (SSSR count). The number of likely N-dealkylation sites (tertiary alicyclic amines) is 1. The highest BCUT2D eigenvalue weighted by Gasteiger charge is 2.29. The Morgan fingerprint density at radius 3 is 2.62 bits per heavy atom. The molecule has 2 unspecified atom stereocenters. The number of Topliss-reactive ketones (excluding diaryl/α,β-unsaturated/α-hetero) is 1. The maximum absolute atomic E-state index is 12.2. The second kappa shape index (κ2) is 7.62. The summed E-state index contributed by atoms with van der Waals surface area (Å²) in [5.41, 5.74) is 0.783. The lowest BCUT2D eigenvalue weighted by Crippen LogP contribution is -2.31. The Labute approximate surface area is 138 Å². The van der Waals surface area contributed by atoms with Crippen molar-refractivity contribution in [2.24, 2.45) is 11.8 Å². The first-order valence-corrected chi connectivity index (χ1v) is 8.09. The van der Waals surface area contributed by atoms with Gasteiger partial charge in [-0.05, 0) is 61.9 Å². The average molecular weight is 328 g/mol. The fourth-order valence-electron chi connectivity index (χ4n) is 3.67. The molecule has 1 heterocycles. The lowest BCUT2D eigenvalue weighted by Gasteiger charge is -2.24. The van der Waals surface area contributed by atoms with Crippen molar-refractivity contribution in [3.63, 3.8) is 0 Å². The Bertz CT molecular complexity index is 474. The topological polar surface area (TPSA) is 20.3 Å². The van der Waals surface area contributed by atoms with Crippen LogP contribution < -0.4 is 0 Å². The second-order valence-corrected chi connectivity index (χ2v) is 6.75. The highest BCUT2D eigenvalue weighted by atomic mass is 35.5. The van der Waals surface area contributed by atoms with Crippen LogP contribution in [0.4, 0.5) is 0 Å². The van der Waals surface area contributed by atoms with Crippen molar-refractivity contribution in [2.45, 2.75) is 32.1 Å². The van der Waals surface area contributed by atoms with E-state index in [1.54, 1.807) is 12.1 Å². The van der Waals surface area contributed by atoms with Crippen molar-refractivity contribution in [1.29, 1.82) is 0 Å². The Balaban J connectivity index is 0.00000161. The molecule has 2 aliphatic rings. The van der Waals surface area contributed by atoms with Crippen LogP contribution in [0.25, 0.3) is 0 Å². The van der Waals surface area contributed by atoms with E-state index in [4.69, 9.17) is 11.6 Å². The summed E-state index contributed by atoms with van der Waals surface area (Å²) >= 11 is 5.85. The third kappa shape index (κ3) is 4.45. The van der Waals surface area contributed by atoms with Crippen molar-refractivity contribution >= 4 is 29.8 Å². The maximum atomic E-state index is 12.2. The SMILES string of the molecule is Cl.O=C(CCN1CCC2CCC(C2)C1)c1ccc(Cl)cc1. The van der Waals surface area contributed by atoms with Gasteiger partial charge >= 0.3 is 0 Å². The van der Waals surface area contributed by atoms with E-state index in [1.165, 1.54) is 38.8 Å². The van der Waals surface area contributed by atoms with E-state index in [1.807, 2.05) is 12.1 Å². The molecule has 1 saturated heterocycles. The van der Waals surface area contributed by atoms with Crippen LogP contribution in [-0.4, -0.2) is 30.3 Å². The molecule has 0 spiro atoms. The predicted molar refractivity (Wildman–Crippen MR) is 89.5 cm³/mol. The second-order valence-electron chi connectivity index (χ2n) is 6.31. The van der Waals surface area contributed by atoms with Crippen LogP contribution in [0.5, 0.6) is 0 Å². The van der Waals surface area contributed by atoms with Crippen LogP contribution in [0.2, 0.25) is 5.02 Å². The van der Waals surface area contributed by atoms with Crippen LogP contribution in [0, 0.1) is 11.8 Å². The average Bonchev–Trinajstić information content (AvgIpc) is 2.78. The number of carbonyl (C=O) groups excluding carboxylic acids is 1. The zero-order valence-electron chi connectivity index (χ0n) is 12.3. The Morgan fingerprint density at radius 2 is 1.86 bits per heavy atom. The van der Waals surface area contributed by atoms with Crippen LogP contribution in [0.15, 0.2) is 24.3 Å². The minimum atomic E-state index is 0. The van der Waals surface area contributed by atoms with Crippen LogP contribution in [0.3, 0.4) is 0 Å². The monoisotopic (exact) mass is 327 g/mol. The molecule has 2 bridgehead atoms. The van der Waals surface area contributed by atoms with Gasteiger partial charge in [-0.25, -0.2) is 0 Å². The zero-order chi connectivity index (χ0) is 13.9. The number of hydrogen-bond donors (Lipinski definition) is 0. The van der Waals surface area contributed by atoms with Crippen molar-refractivity contribution < 1.29 is 4.79 Å². The van der Waals surface area contributed by atoms with Gasteiger partial charge in [0.15, 0.2) is 5.78 Å². The van der Waals surface area contributed by atoms with E-state index < -0.39 is 0 Å². The number of halogens is 2. The molecule has 1 saturated carbocycles. The van der Waals surface area contributed by atoms with Gasteiger partial charge in [0.2, 0.25) is 0 Å². The van der Waals surface area contributed by atoms with Crippen LogP contribution in [0.1, 0.15) is 42.5 Å². The van der Waals surface area contributed by atoms with Gasteiger partial charge < -0.3 is 4.90 Å². The quantitative estimate of drug-likeness (QED) is 0.761.